The molecule has 0 fully saturated rings. The third-order valence-corrected chi connectivity index (χ3v) is 3.42. The van der Waals surface area contributed by atoms with E-state index in [4.69, 9.17) is 0 Å². The summed E-state index contributed by atoms with van der Waals surface area (Å²) in [6, 6.07) is 0. The van der Waals surface area contributed by atoms with Crippen LogP contribution in [0.4, 0.5) is 0 Å². The zero-order valence-corrected chi connectivity index (χ0v) is 11.7. The molecule has 0 amide bonds. The Bertz CT molecular complexity index is 498. The highest BCUT2D eigenvalue weighted by atomic mass is 16.2. The number of nitrogens with zero attached hydrogens (tertiary/aromatic N) is 2. The molecule has 0 aromatic carbocycles. The molecule has 1 rings (SSSR count). The summed E-state index contributed by atoms with van der Waals surface area (Å²) in [4.78, 5) is 23.4. The van der Waals surface area contributed by atoms with Crippen molar-refractivity contribution in [1.29, 1.82) is 0 Å². The van der Waals surface area contributed by atoms with Gasteiger partial charge in [0.15, 0.2) is 0 Å². The molecule has 5 nitrogen and oxygen atoms in total. The monoisotopic (exact) mass is 253 g/mol. The van der Waals surface area contributed by atoms with Gasteiger partial charge in [-0.3, -0.25) is 9.36 Å². The minimum absolute atomic E-state index is 0.213. The Morgan fingerprint density at radius 1 is 1.22 bits per heavy atom. The summed E-state index contributed by atoms with van der Waals surface area (Å²) >= 11 is 0. The van der Waals surface area contributed by atoms with Crippen LogP contribution < -0.4 is 16.6 Å². The number of hydrogen-bond donors (Lipinski definition) is 1. The van der Waals surface area contributed by atoms with Crippen molar-refractivity contribution in [2.75, 3.05) is 6.54 Å². The van der Waals surface area contributed by atoms with E-state index >= 15 is 0 Å². The summed E-state index contributed by atoms with van der Waals surface area (Å²) in [7, 11) is 3.17. The lowest BCUT2D eigenvalue weighted by Crippen LogP contribution is -2.39. The van der Waals surface area contributed by atoms with Gasteiger partial charge < -0.3 is 9.88 Å². The molecule has 0 spiro atoms. The summed E-state index contributed by atoms with van der Waals surface area (Å²) in [6.45, 7) is 5.75. The van der Waals surface area contributed by atoms with E-state index < -0.39 is 0 Å². The lowest BCUT2D eigenvalue weighted by Gasteiger charge is -2.13. The van der Waals surface area contributed by atoms with Gasteiger partial charge in [-0.15, -0.1) is 0 Å². The van der Waals surface area contributed by atoms with E-state index in [0.717, 1.165) is 24.0 Å². The van der Waals surface area contributed by atoms with E-state index in [1.165, 1.54) is 11.6 Å². The fourth-order valence-electron chi connectivity index (χ4n) is 1.99. The van der Waals surface area contributed by atoms with Crippen LogP contribution in [0.5, 0.6) is 0 Å². The highest BCUT2D eigenvalue weighted by Crippen LogP contribution is 2.05. The fourth-order valence-corrected chi connectivity index (χ4v) is 1.99. The molecule has 0 radical (unpaired) electrons. The third-order valence-electron chi connectivity index (χ3n) is 3.42. The summed E-state index contributed by atoms with van der Waals surface area (Å²) in [5.74, 6) is 0.640. The Morgan fingerprint density at radius 3 is 2.39 bits per heavy atom. The van der Waals surface area contributed by atoms with Crippen molar-refractivity contribution in [3.8, 4) is 0 Å². The zero-order valence-electron chi connectivity index (χ0n) is 11.7. The van der Waals surface area contributed by atoms with Gasteiger partial charge >= 0.3 is 5.69 Å². The van der Waals surface area contributed by atoms with Crippen molar-refractivity contribution < 1.29 is 0 Å². The van der Waals surface area contributed by atoms with E-state index in [0.29, 0.717) is 18.0 Å². The van der Waals surface area contributed by atoms with E-state index in [-0.39, 0.29) is 11.2 Å². The average Bonchev–Trinajstić information content (AvgIpc) is 2.38. The van der Waals surface area contributed by atoms with Crippen molar-refractivity contribution in [1.82, 2.24) is 14.5 Å². The van der Waals surface area contributed by atoms with Gasteiger partial charge in [0.25, 0.3) is 5.56 Å². The van der Waals surface area contributed by atoms with E-state index in [1.807, 2.05) is 0 Å². The first-order valence-electron chi connectivity index (χ1n) is 6.47. The Morgan fingerprint density at radius 2 is 1.83 bits per heavy atom. The first-order chi connectivity index (χ1) is 8.51. The molecule has 0 saturated heterocycles. The molecule has 102 valence electrons. The molecule has 0 aliphatic heterocycles. The molecule has 1 aromatic heterocycles. The number of aromatic nitrogens is 2. The molecule has 1 heterocycles. The molecule has 1 aromatic rings. The van der Waals surface area contributed by atoms with Gasteiger partial charge in [0.05, 0.1) is 0 Å². The Hall–Kier alpha value is -1.36. The summed E-state index contributed by atoms with van der Waals surface area (Å²) in [6.07, 6.45) is 3.88. The lowest BCUT2D eigenvalue weighted by molar-refractivity contribution is 0.447. The first kappa shape index (κ1) is 14.7. The third kappa shape index (κ3) is 3.32. The van der Waals surface area contributed by atoms with Crippen LogP contribution in [0.25, 0.3) is 0 Å². The van der Waals surface area contributed by atoms with E-state index in [1.54, 1.807) is 13.2 Å². The van der Waals surface area contributed by atoms with Gasteiger partial charge in [0, 0.05) is 32.4 Å². The minimum Gasteiger partial charge on any atom is -0.312 e. The van der Waals surface area contributed by atoms with Gasteiger partial charge in [-0.1, -0.05) is 26.7 Å². The second kappa shape index (κ2) is 6.54. The quantitative estimate of drug-likeness (QED) is 0.808. The van der Waals surface area contributed by atoms with Crippen molar-refractivity contribution in [2.24, 2.45) is 20.0 Å². The van der Waals surface area contributed by atoms with Crippen LogP contribution in [0.2, 0.25) is 0 Å². The number of aryl methyl sites for hydroxylation is 1. The highest BCUT2D eigenvalue weighted by Gasteiger charge is 2.07. The molecule has 0 saturated carbocycles. The van der Waals surface area contributed by atoms with Crippen molar-refractivity contribution in [3.05, 3.63) is 32.6 Å². The van der Waals surface area contributed by atoms with Crippen molar-refractivity contribution in [3.63, 3.8) is 0 Å². The second-order valence-electron chi connectivity index (χ2n) is 4.73. The molecular weight excluding hydrogens is 230 g/mol. The standard InChI is InChI=1S/C13H23N3O2/c1-5-10(6-2)7-14-8-11-9-15(3)13(18)16(4)12(11)17/h9-10,14H,5-8H2,1-4H3. The van der Waals surface area contributed by atoms with Crippen LogP contribution in [0.3, 0.4) is 0 Å². The minimum atomic E-state index is -0.288. The summed E-state index contributed by atoms with van der Waals surface area (Å²) < 4.78 is 2.59. The van der Waals surface area contributed by atoms with Crippen molar-refractivity contribution >= 4 is 0 Å². The maximum absolute atomic E-state index is 11.9. The van der Waals surface area contributed by atoms with Crippen molar-refractivity contribution in [2.45, 2.75) is 33.2 Å². The number of nitrogens with one attached hydrogen (secondary N) is 1. The molecule has 18 heavy (non-hydrogen) atoms. The molecule has 5 heteroatoms. The van der Waals surface area contributed by atoms with Gasteiger partial charge in [-0.25, -0.2) is 4.79 Å². The summed E-state index contributed by atoms with van der Waals surface area (Å²) in [5.41, 5.74) is 0.129. The zero-order chi connectivity index (χ0) is 13.7. The molecular formula is C13H23N3O2. The maximum Gasteiger partial charge on any atom is 0.330 e. The molecule has 0 bridgehead atoms. The fraction of sp³-hybridized carbons (Fsp3) is 0.692. The van der Waals surface area contributed by atoms with Crippen LogP contribution in [-0.2, 0) is 20.6 Å². The lowest BCUT2D eigenvalue weighted by atomic mass is 10.0. The molecule has 1 N–H and O–H groups in total. The normalized spacial score (nSPS) is 11.2. The first-order valence-corrected chi connectivity index (χ1v) is 6.47. The van der Waals surface area contributed by atoms with Crippen LogP contribution >= 0.6 is 0 Å². The second-order valence-corrected chi connectivity index (χ2v) is 4.73. The Labute approximate surface area is 107 Å². The molecule has 0 aliphatic carbocycles. The SMILES string of the molecule is CCC(CC)CNCc1cn(C)c(=O)n(C)c1=O. The van der Waals surface area contributed by atoms with E-state index in [2.05, 4.69) is 19.2 Å². The average molecular weight is 253 g/mol. The maximum atomic E-state index is 11.9. The largest absolute Gasteiger partial charge is 0.330 e. The predicted molar refractivity (Wildman–Crippen MR) is 72.7 cm³/mol. The Kier molecular flexibility index (Phi) is 5.34. The molecule has 0 atom stereocenters. The number of rotatable bonds is 6. The Balaban J connectivity index is 2.75. The van der Waals surface area contributed by atoms with Gasteiger partial charge in [-0.05, 0) is 12.5 Å². The van der Waals surface area contributed by atoms with Gasteiger partial charge in [0.2, 0.25) is 0 Å². The van der Waals surface area contributed by atoms with Crippen LogP contribution in [0, 0.1) is 5.92 Å². The summed E-state index contributed by atoms with van der Waals surface area (Å²) in [5, 5.41) is 3.29. The molecule has 0 aliphatic rings. The molecule has 0 unspecified atom stereocenters. The van der Waals surface area contributed by atoms with Gasteiger partial charge in [-0.2, -0.15) is 0 Å². The topological polar surface area (TPSA) is 56.0 Å². The van der Waals surface area contributed by atoms with Crippen LogP contribution in [0.15, 0.2) is 15.8 Å². The highest BCUT2D eigenvalue weighted by molar-refractivity contribution is 5.05. The van der Waals surface area contributed by atoms with Gasteiger partial charge in [0.1, 0.15) is 0 Å². The van der Waals surface area contributed by atoms with E-state index in [9.17, 15) is 9.59 Å². The van der Waals surface area contributed by atoms with Crippen LogP contribution in [0.1, 0.15) is 32.3 Å². The van der Waals surface area contributed by atoms with Crippen LogP contribution in [-0.4, -0.2) is 15.7 Å². The smallest absolute Gasteiger partial charge is 0.312 e. The number of hydrogen-bond acceptors (Lipinski definition) is 3. The predicted octanol–water partition coefficient (Wildman–Crippen LogP) is 0.610.